The number of ether oxygens (including phenoxy) is 3. The van der Waals surface area contributed by atoms with Gasteiger partial charge in [0.05, 0.1) is 12.2 Å². The van der Waals surface area contributed by atoms with Crippen LogP contribution in [0.3, 0.4) is 0 Å². The summed E-state index contributed by atoms with van der Waals surface area (Å²) in [5.41, 5.74) is 1.38. The van der Waals surface area contributed by atoms with Crippen LogP contribution in [0, 0.1) is 0 Å². The van der Waals surface area contributed by atoms with Gasteiger partial charge in [0.2, 0.25) is 6.79 Å². The van der Waals surface area contributed by atoms with Crippen LogP contribution in [0.25, 0.3) is 11.3 Å². The fourth-order valence-corrected chi connectivity index (χ4v) is 3.01. The van der Waals surface area contributed by atoms with E-state index in [1.165, 1.54) is 10.7 Å². The van der Waals surface area contributed by atoms with Gasteiger partial charge < -0.3 is 19.5 Å². The molecule has 0 aliphatic carbocycles. The van der Waals surface area contributed by atoms with Crippen molar-refractivity contribution in [1.82, 2.24) is 15.1 Å². The highest BCUT2D eigenvalue weighted by Gasteiger charge is 2.18. The third-order valence-electron chi connectivity index (χ3n) is 4.59. The highest BCUT2D eigenvalue weighted by Crippen LogP contribution is 2.35. The van der Waals surface area contributed by atoms with Gasteiger partial charge in [0.15, 0.2) is 17.6 Å². The Morgan fingerprint density at radius 2 is 1.93 bits per heavy atom. The molecular formula is C22H21N3O5. The number of carbonyl (C=O) groups excluding carboxylic acids is 1. The Morgan fingerprint density at radius 3 is 2.77 bits per heavy atom. The minimum atomic E-state index is -0.717. The summed E-state index contributed by atoms with van der Waals surface area (Å²) >= 11 is 0. The Labute approximate surface area is 173 Å². The second-order valence-corrected chi connectivity index (χ2v) is 6.71. The topological polar surface area (TPSA) is 91.7 Å². The molecule has 1 aromatic heterocycles. The minimum absolute atomic E-state index is 0.174. The lowest BCUT2D eigenvalue weighted by Crippen LogP contribution is -2.39. The van der Waals surface area contributed by atoms with E-state index in [9.17, 15) is 9.59 Å². The van der Waals surface area contributed by atoms with E-state index in [4.69, 9.17) is 14.2 Å². The van der Waals surface area contributed by atoms with Crippen LogP contribution in [0.2, 0.25) is 0 Å². The van der Waals surface area contributed by atoms with Crippen molar-refractivity contribution in [2.24, 2.45) is 0 Å². The maximum Gasteiger partial charge on any atom is 0.266 e. The predicted molar refractivity (Wildman–Crippen MR) is 110 cm³/mol. The van der Waals surface area contributed by atoms with Crippen molar-refractivity contribution >= 4 is 5.91 Å². The van der Waals surface area contributed by atoms with Gasteiger partial charge >= 0.3 is 0 Å². The van der Waals surface area contributed by atoms with Crippen LogP contribution in [-0.2, 0) is 11.3 Å². The molecule has 0 radical (unpaired) electrons. The van der Waals surface area contributed by atoms with Crippen LogP contribution in [0.4, 0.5) is 0 Å². The molecule has 0 saturated carbocycles. The Bertz CT molecular complexity index is 1100. The average Bonchev–Trinajstić information content (AvgIpc) is 3.23. The SMILES string of the molecule is CC(Oc1ccc2c(c1)OCO2)C(=O)NCCn1nc(-c2ccccc2)ccc1=O. The van der Waals surface area contributed by atoms with Crippen LogP contribution >= 0.6 is 0 Å². The molecule has 8 heteroatoms. The van der Waals surface area contributed by atoms with Crippen molar-refractivity contribution in [3.8, 4) is 28.5 Å². The van der Waals surface area contributed by atoms with Crippen molar-refractivity contribution in [3.05, 3.63) is 71.0 Å². The molecule has 4 rings (SSSR count). The molecule has 1 atom stereocenters. The number of aromatic nitrogens is 2. The van der Waals surface area contributed by atoms with Gasteiger partial charge in [0, 0.05) is 24.2 Å². The lowest BCUT2D eigenvalue weighted by Gasteiger charge is -2.15. The molecule has 2 aromatic carbocycles. The number of benzene rings is 2. The van der Waals surface area contributed by atoms with Gasteiger partial charge in [-0.05, 0) is 25.1 Å². The lowest BCUT2D eigenvalue weighted by atomic mass is 10.1. The van der Waals surface area contributed by atoms with Crippen LogP contribution in [0.5, 0.6) is 17.2 Å². The van der Waals surface area contributed by atoms with Gasteiger partial charge in [-0.2, -0.15) is 5.10 Å². The van der Waals surface area contributed by atoms with Crippen LogP contribution in [0.1, 0.15) is 6.92 Å². The normalized spacial score (nSPS) is 13.0. The zero-order chi connectivity index (χ0) is 20.9. The predicted octanol–water partition coefficient (Wildman–Crippen LogP) is 2.22. The van der Waals surface area contributed by atoms with Gasteiger partial charge in [-0.1, -0.05) is 30.3 Å². The maximum absolute atomic E-state index is 12.3. The molecule has 0 bridgehead atoms. The fourth-order valence-electron chi connectivity index (χ4n) is 3.01. The summed E-state index contributed by atoms with van der Waals surface area (Å²) in [6, 6.07) is 17.9. The first-order chi connectivity index (χ1) is 14.6. The molecule has 1 aliphatic heterocycles. The van der Waals surface area contributed by atoms with E-state index in [-0.39, 0.29) is 31.3 Å². The summed E-state index contributed by atoms with van der Waals surface area (Å²) in [5.74, 6) is 1.45. The summed E-state index contributed by atoms with van der Waals surface area (Å²) in [4.78, 5) is 24.4. The molecule has 1 N–H and O–H groups in total. The minimum Gasteiger partial charge on any atom is -0.481 e. The average molecular weight is 407 g/mol. The number of rotatable bonds is 7. The molecule has 0 spiro atoms. The Balaban J connectivity index is 1.32. The van der Waals surface area contributed by atoms with Crippen LogP contribution in [0.15, 0.2) is 65.5 Å². The van der Waals surface area contributed by atoms with Crippen LogP contribution < -0.4 is 25.1 Å². The van der Waals surface area contributed by atoms with Crippen LogP contribution in [-0.4, -0.2) is 35.1 Å². The van der Waals surface area contributed by atoms with Gasteiger partial charge in [0.1, 0.15) is 5.75 Å². The third-order valence-corrected chi connectivity index (χ3v) is 4.59. The molecule has 30 heavy (non-hydrogen) atoms. The largest absolute Gasteiger partial charge is 0.481 e. The second-order valence-electron chi connectivity index (χ2n) is 6.71. The number of hydrogen-bond donors (Lipinski definition) is 1. The van der Waals surface area contributed by atoms with Gasteiger partial charge in [-0.3, -0.25) is 9.59 Å². The Morgan fingerprint density at radius 1 is 1.13 bits per heavy atom. The zero-order valence-corrected chi connectivity index (χ0v) is 16.4. The molecule has 3 aromatic rings. The van der Waals surface area contributed by atoms with E-state index in [1.807, 2.05) is 30.3 Å². The van der Waals surface area contributed by atoms with Gasteiger partial charge in [-0.25, -0.2) is 4.68 Å². The quantitative estimate of drug-likeness (QED) is 0.646. The summed E-state index contributed by atoms with van der Waals surface area (Å²) in [7, 11) is 0. The molecule has 1 aliphatic rings. The zero-order valence-electron chi connectivity index (χ0n) is 16.4. The highest BCUT2D eigenvalue weighted by atomic mass is 16.7. The first kappa shape index (κ1) is 19.5. The summed E-state index contributed by atoms with van der Waals surface area (Å²) in [6.45, 7) is 2.33. The van der Waals surface area contributed by atoms with Crippen molar-refractivity contribution in [2.75, 3.05) is 13.3 Å². The van der Waals surface area contributed by atoms with E-state index in [2.05, 4.69) is 10.4 Å². The highest BCUT2D eigenvalue weighted by molar-refractivity contribution is 5.80. The van der Waals surface area contributed by atoms with E-state index in [0.717, 1.165) is 5.56 Å². The van der Waals surface area contributed by atoms with E-state index in [1.54, 1.807) is 31.2 Å². The second kappa shape index (κ2) is 8.69. The molecule has 1 amide bonds. The number of nitrogens with one attached hydrogen (secondary N) is 1. The van der Waals surface area contributed by atoms with E-state index >= 15 is 0 Å². The first-order valence-electron chi connectivity index (χ1n) is 9.58. The van der Waals surface area contributed by atoms with Gasteiger partial charge in [-0.15, -0.1) is 0 Å². The number of amides is 1. The molecular weight excluding hydrogens is 386 g/mol. The number of nitrogens with zero attached hydrogens (tertiary/aromatic N) is 2. The third kappa shape index (κ3) is 4.43. The van der Waals surface area contributed by atoms with Gasteiger partial charge in [0.25, 0.3) is 11.5 Å². The Hall–Kier alpha value is -3.81. The standard InChI is InChI=1S/C22H21N3O5/c1-15(30-17-7-9-19-20(13-17)29-14-28-19)22(27)23-11-12-25-21(26)10-8-18(24-25)16-5-3-2-4-6-16/h2-10,13,15H,11-12,14H2,1H3,(H,23,27). The first-order valence-corrected chi connectivity index (χ1v) is 9.58. The molecule has 0 fully saturated rings. The fraction of sp³-hybridized carbons (Fsp3) is 0.227. The number of hydrogen-bond acceptors (Lipinski definition) is 6. The molecule has 154 valence electrons. The molecule has 8 nitrogen and oxygen atoms in total. The summed E-state index contributed by atoms with van der Waals surface area (Å²) in [5, 5.41) is 7.15. The van der Waals surface area contributed by atoms with Crippen molar-refractivity contribution < 1.29 is 19.0 Å². The van der Waals surface area contributed by atoms with Crippen molar-refractivity contribution in [1.29, 1.82) is 0 Å². The molecule has 2 heterocycles. The monoisotopic (exact) mass is 407 g/mol. The molecule has 1 unspecified atom stereocenters. The summed E-state index contributed by atoms with van der Waals surface area (Å²) < 4.78 is 17.6. The lowest BCUT2D eigenvalue weighted by molar-refractivity contribution is -0.127. The van der Waals surface area contributed by atoms with E-state index in [0.29, 0.717) is 22.9 Å². The maximum atomic E-state index is 12.3. The van der Waals surface area contributed by atoms with Crippen molar-refractivity contribution in [2.45, 2.75) is 19.6 Å². The Kier molecular flexibility index (Phi) is 5.65. The number of carbonyl (C=O) groups is 1. The smallest absolute Gasteiger partial charge is 0.266 e. The van der Waals surface area contributed by atoms with E-state index < -0.39 is 6.10 Å². The summed E-state index contributed by atoms with van der Waals surface area (Å²) in [6.07, 6.45) is -0.717. The number of fused-ring (bicyclic) bond motifs is 1. The van der Waals surface area contributed by atoms with Crippen molar-refractivity contribution in [3.63, 3.8) is 0 Å². The molecule has 0 saturated heterocycles.